The first-order valence-corrected chi connectivity index (χ1v) is 19.4. The third-order valence-electron chi connectivity index (χ3n) is 8.34. The lowest BCUT2D eigenvalue weighted by Crippen LogP contribution is -2.36. The van der Waals surface area contributed by atoms with Crippen molar-refractivity contribution < 1.29 is 47.9 Å². The van der Waals surface area contributed by atoms with E-state index in [9.17, 15) is 14.7 Å². The molecule has 6 heterocycles. The number of carbonyl (C=O) groups excluding carboxylic acids is 2. The maximum absolute atomic E-state index is 12.2. The van der Waals surface area contributed by atoms with E-state index in [1.807, 2.05) is 24.6 Å². The predicted octanol–water partition coefficient (Wildman–Crippen LogP) is 4.14. The summed E-state index contributed by atoms with van der Waals surface area (Å²) in [6.45, 7) is 1.35. The van der Waals surface area contributed by atoms with Crippen molar-refractivity contribution in [2.45, 2.75) is 59.1 Å². The summed E-state index contributed by atoms with van der Waals surface area (Å²) in [5.41, 5.74) is 1.05. The monoisotopic (exact) mass is 784 g/mol. The minimum absolute atomic E-state index is 0.215. The number of thioether (sulfide) groups is 2. The van der Waals surface area contributed by atoms with Crippen molar-refractivity contribution in [2.75, 3.05) is 38.9 Å². The molecule has 4 fully saturated rings. The van der Waals surface area contributed by atoms with Crippen LogP contribution in [0.15, 0.2) is 95.5 Å². The van der Waals surface area contributed by atoms with E-state index in [-0.39, 0.29) is 49.2 Å². The van der Waals surface area contributed by atoms with E-state index >= 15 is 0 Å². The van der Waals surface area contributed by atoms with E-state index in [0.29, 0.717) is 53.0 Å². The van der Waals surface area contributed by atoms with Crippen LogP contribution in [0, 0.1) is 0 Å². The first kappa shape index (κ1) is 38.8. The van der Waals surface area contributed by atoms with Crippen molar-refractivity contribution >= 4 is 46.3 Å². The SMILES string of the molecule is CSc1nccc(OC2CO[C@@H]3[C@@H](OC(=O)c4ccccc4)CO[C@H]23)n1.CSc1nccc(OC2CO[C@H]3[C@@H]2OC[C@@H]3O)n1.O=C(Cl)c1ccccc1. The molecule has 0 bridgehead atoms. The van der Waals surface area contributed by atoms with Crippen LogP contribution in [0.1, 0.15) is 20.7 Å². The smallest absolute Gasteiger partial charge is 0.338 e. The number of aliphatic hydroxyl groups is 1. The van der Waals surface area contributed by atoms with Gasteiger partial charge in [-0.1, -0.05) is 72.1 Å². The highest BCUT2D eigenvalue weighted by Gasteiger charge is 2.51. The number of esters is 1. The van der Waals surface area contributed by atoms with Crippen molar-refractivity contribution in [3.05, 3.63) is 96.3 Å². The number of benzene rings is 2. The summed E-state index contributed by atoms with van der Waals surface area (Å²) in [5.74, 6) is 0.605. The van der Waals surface area contributed by atoms with Gasteiger partial charge in [0.2, 0.25) is 11.8 Å². The third-order valence-corrected chi connectivity index (χ3v) is 9.68. The second-order valence-electron chi connectivity index (χ2n) is 11.8. The zero-order valence-corrected chi connectivity index (χ0v) is 31.0. The summed E-state index contributed by atoms with van der Waals surface area (Å²) in [6, 6.07) is 21.0. The van der Waals surface area contributed by atoms with E-state index < -0.39 is 17.5 Å². The lowest BCUT2D eigenvalue weighted by Gasteiger charge is -2.17. The summed E-state index contributed by atoms with van der Waals surface area (Å²) < 4.78 is 39.8. The van der Waals surface area contributed by atoms with Crippen LogP contribution >= 0.6 is 35.1 Å². The van der Waals surface area contributed by atoms with Gasteiger partial charge in [0.05, 0.1) is 32.0 Å². The van der Waals surface area contributed by atoms with Gasteiger partial charge in [-0.25, -0.2) is 14.8 Å². The van der Waals surface area contributed by atoms with Gasteiger partial charge in [0.15, 0.2) is 28.6 Å². The highest BCUT2D eigenvalue weighted by molar-refractivity contribution is 7.98. The molecule has 2 aromatic heterocycles. The fraction of sp³-hybridized carbons (Fsp3) is 0.389. The Kier molecular flexibility index (Phi) is 13.9. The maximum Gasteiger partial charge on any atom is 0.338 e. The number of fused-ring (bicyclic) bond motifs is 2. The van der Waals surface area contributed by atoms with E-state index in [0.717, 1.165) is 0 Å². The Morgan fingerprint density at radius 3 is 1.62 bits per heavy atom. The molecule has 0 aliphatic carbocycles. The van der Waals surface area contributed by atoms with Crippen molar-refractivity contribution in [2.24, 2.45) is 0 Å². The number of carbonyl (C=O) groups is 2. The average molecular weight is 785 g/mol. The zero-order valence-electron chi connectivity index (χ0n) is 28.6. The fourth-order valence-corrected chi connectivity index (χ4v) is 6.63. The minimum atomic E-state index is -0.559. The summed E-state index contributed by atoms with van der Waals surface area (Å²) in [4.78, 5) is 39.4. The van der Waals surface area contributed by atoms with Crippen LogP contribution in [-0.4, -0.2) is 124 Å². The Morgan fingerprint density at radius 2 is 1.11 bits per heavy atom. The molecular formula is C36H37ClN4O10S2. The quantitative estimate of drug-likeness (QED) is 0.111. The molecule has 2 aromatic carbocycles. The molecular weight excluding hydrogens is 748 g/mol. The molecule has 4 saturated heterocycles. The van der Waals surface area contributed by atoms with Crippen LogP contribution in [0.5, 0.6) is 11.8 Å². The van der Waals surface area contributed by atoms with Crippen LogP contribution < -0.4 is 9.47 Å². The van der Waals surface area contributed by atoms with Gasteiger partial charge >= 0.3 is 5.97 Å². The number of halogens is 1. The number of nitrogens with zero attached hydrogens (tertiary/aromatic N) is 4. The Bertz CT molecular complexity index is 1800. The topological polar surface area (TPSA) is 171 Å². The first-order chi connectivity index (χ1) is 25.8. The number of ether oxygens (including phenoxy) is 7. The van der Waals surface area contributed by atoms with Crippen molar-refractivity contribution in [3.8, 4) is 11.8 Å². The molecule has 0 spiro atoms. The van der Waals surface area contributed by atoms with Gasteiger partial charge in [0, 0.05) is 30.1 Å². The normalized spacial score (nSPS) is 26.6. The van der Waals surface area contributed by atoms with Crippen LogP contribution in [0.3, 0.4) is 0 Å². The predicted molar refractivity (Wildman–Crippen MR) is 194 cm³/mol. The van der Waals surface area contributed by atoms with Gasteiger partial charge in [-0.3, -0.25) is 4.79 Å². The molecule has 0 amide bonds. The standard InChI is InChI=1S/C18H18N2O5S.C11H14N2O4S.C7H5ClO/c1-26-18-19-8-7-14(20-18)24-12-9-22-16-13(10-23-15(12)16)25-17(21)11-5-3-2-4-6-11;1-18-11-12-3-2-8(13-11)17-7-5-16-9-6(14)4-15-10(7)9;8-7(9)6-4-2-1-3-5-6/h2-8,12-13,15-16H,9-10H2,1H3;2-3,6-7,9-10,14H,4-5H2,1H3;1-5H/t12?,13-,15+,16+;6-,7?,9+,10+;/m00./s1. The second-order valence-corrected chi connectivity index (χ2v) is 13.7. The molecule has 14 nitrogen and oxygen atoms in total. The van der Waals surface area contributed by atoms with E-state index in [4.69, 9.17) is 44.8 Å². The zero-order chi connectivity index (χ0) is 37.2. The molecule has 17 heteroatoms. The van der Waals surface area contributed by atoms with Crippen molar-refractivity contribution in [3.63, 3.8) is 0 Å². The Balaban J connectivity index is 0.000000153. The number of rotatable bonds is 9. The summed E-state index contributed by atoms with van der Waals surface area (Å²) >= 11 is 8.06. The summed E-state index contributed by atoms with van der Waals surface area (Å²) in [6.07, 6.45) is 4.46. The minimum Gasteiger partial charge on any atom is -0.469 e. The molecule has 0 radical (unpaired) electrons. The lowest BCUT2D eigenvalue weighted by molar-refractivity contribution is -0.0192. The largest absolute Gasteiger partial charge is 0.469 e. The van der Waals surface area contributed by atoms with Crippen molar-refractivity contribution in [1.82, 2.24) is 19.9 Å². The van der Waals surface area contributed by atoms with Crippen LogP contribution in [0.4, 0.5) is 0 Å². The molecule has 0 saturated carbocycles. The van der Waals surface area contributed by atoms with Gasteiger partial charge in [0.25, 0.3) is 5.24 Å². The molecule has 4 aromatic rings. The molecule has 280 valence electrons. The van der Waals surface area contributed by atoms with Gasteiger partial charge in [0.1, 0.15) is 30.5 Å². The van der Waals surface area contributed by atoms with Gasteiger partial charge < -0.3 is 38.3 Å². The van der Waals surface area contributed by atoms with E-state index in [2.05, 4.69) is 19.9 Å². The summed E-state index contributed by atoms with van der Waals surface area (Å²) in [7, 11) is 0. The second kappa shape index (κ2) is 18.9. The summed E-state index contributed by atoms with van der Waals surface area (Å²) in [5, 5.41) is 10.5. The Morgan fingerprint density at radius 1 is 0.660 bits per heavy atom. The Labute approximate surface area is 319 Å². The molecule has 53 heavy (non-hydrogen) atoms. The number of hydrogen-bond donors (Lipinski definition) is 1. The van der Waals surface area contributed by atoms with Gasteiger partial charge in [-0.2, -0.15) is 9.97 Å². The molecule has 8 rings (SSSR count). The molecule has 1 N–H and O–H groups in total. The van der Waals surface area contributed by atoms with Crippen LogP contribution in [0.25, 0.3) is 0 Å². The highest BCUT2D eigenvalue weighted by atomic mass is 35.5. The number of aliphatic hydroxyl groups excluding tert-OH is 1. The van der Waals surface area contributed by atoms with Crippen LogP contribution in [-0.2, 0) is 23.7 Å². The number of hydrogen-bond acceptors (Lipinski definition) is 16. The van der Waals surface area contributed by atoms with E-state index in [1.54, 1.807) is 73.1 Å². The third kappa shape index (κ3) is 10.2. The maximum atomic E-state index is 12.2. The van der Waals surface area contributed by atoms with E-state index in [1.165, 1.54) is 23.5 Å². The molecule has 4 aliphatic heterocycles. The highest BCUT2D eigenvalue weighted by Crippen LogP contribution is 2.32. The molecule has 8 atom stereocenters. The van der Waals surface area contributed by atoms with Gasteiger partial charge in [-0.05, 0) is 36.2 Å². The van der Waals surface area contributed by atoms with Crippen molar-refractivity contribution in [1.29, 1.82) is 0 Å². The number of aromatic nitrogens is 4. The first-order valence-electron chi connectivity index (χ1n) is 16.6. The van der Waals surface area contributed by atoms with Gasteiger partial charge in [-0.15, -0.1) is 0 Å². The fourth-order valence-electron chi connectivity index (χ4n) is 5.81. The lowest BCUT2D eigenvalue weighted by atomic mass is 10.1. The Hall–Kier alpha value is -3.87. The average Bonchev–Trinajstić information content (AvgIpc) is 3.99. The van der Waals surface area contributed by atoms with Crippen LogP contribution in [0.2, 0.25) is 0 Å². The molecule has 4 aliphatic rings. The molecule has 2 unspecified atom stereocenters.